The molecule has 0 heterocycles. The number of hydrogen-bond donors (Lipinski definition) is 0. The summed E-state index contributed by atoms with van der Waals surface area (Å²) in [5.74, 6) is -3.24. The highest BCUT2D eigenvalue weighted by atomic mass is 35.5. The molecule has 2 rings (SSSR count). The fourth-order valence-corrected chi connectivity index (χ4v) is 2.41. The van der Waals surface area contributed by atoms with Gasteiger partial charge in [0.25, 0.3) is 0 Å². The Hall–Kier alpha value is -2.67. The second-order valence-electron chi connectivity index (χ2n) is 5.78. The third kappa shape index (κ3) is 5.17. The molecule has 0 N–H and O–H groups in total. The Balaban J connectivity index is 2.12. The van der Waals surface area contributed by atoms with Crippen LogP contribution in [0.1, 0.15) is 34.6 Å². The van der Waals surface area contributed by atoms with Gasteiger partial charge in [0, 0.05) is 5.56 Å². The lowest BCUT2D eigenvalue weighted by molar-refractivity contribution is 0.0474. The molecule has 0 saturated carbocycles. The van der Waals surface area contributed by atoms with Gasteiger partial charge in [0.1, 0.15) is 0 Å². The number of benzene rings is 2. The monoisotopic (exact) mass is 398 g/mol. The van der Waals surface area contributed by atoms with Crippen LogP contribution in [0.3, 0.4) is 0 Å². The maximum absolute atomic E-state index is 13.2. The molecule has 2 aromatic rings. The second kappa shape index (κ2) is 8.81. The Bertz CT molecular complexity index is 867. The second-order valence-corrected chi connectivity index (χ2v) is 6.19. The average Bonchev–Trinajstić information content (AvgIpc) is 2.62. The molecule has 0 aliphatic rings. The van der Waals surface area contributed by atoms with Gasteiger partial charge in [0.15, 0.2) is 35.5 Å². The predicted octanol–water partition coefficient (Wildman–Crippen LogP) is 4.45. The van der Waals surface area contributed by atoms with Gasteiger partial charge in [-0.3, -0.25) is 4.79 Å². The van der Waals surface area contributed by atoms with E-state index in [1.807, 2.05) is 13.8 Å². The zero-order chi connectivity index (χ0) is 20.1. The molecule has 5 nitrogen and oxygen atoms in total. The number of methoxy groups -OCH3 is 1. The molecule has 8 heteroatoms. The van der Waals surface area contributed by atoms with E-state index in [2.05, 4.69) is 0 Å². The largest absolute Gasteiger partial charge is 0.493 e. The number of rotatable bonds is 7. The summed E-state index contributed by atoms with van der Waals surface area (Å²) in [6.45, 7) is 2.97. The first kappa shape index (κ1) is 20.6. The molecule has 0 aliphatic heterocycles. The molecule has 0 unspecified atom stereocenters. The van der Waals surface area contributed by atoms with Crippen molar-refractivity contribution in [2.24, 2.45) is 0 Å². The number of esters is 1. The van der Waals surface area contributed by atoms with Crippen molar-refractivity contribution in [1.82, 2.24) is 0 Å². The van der Waals surface area contributed by atoms with E-state index in [9.17, 15) is 18.4 Å². The van der Waals surface area contributed by atoms with Gasteiger partial charge in [-0.05, 0) is 44.2 Å². The zero-order valence-corrected chi connectivity index (χ0v) is 15.6. The van der Waals surface area contributed by atoms with Crippen molar-refractivity contribution in [3.63, 3.8) is 0 Å². The zero-order valence-electron chi connectivity index (χ0n) is 14.8. The molecule has 144 valence electrons. The minimum absolute atomic E-state index is 0.0473. The Morgan fingerprint density at radius 3 is 2.37 bits per heavy atom. The first-order chi connectivity index (χ1) is 12.7. The topological polar surface area (TPSA) is 61.8 Å². The summed E-state index contributed by atoms with van der Waals surface area (Å²) in [6, 6.07) is 5.36. The number of carbonyl (C=O) groups is 2. The molecule has 2 aromatic carbocycles. The van der Waals surface area contributed by atoms with Crippen LogP contribution in [0.5, 0.6) is 11.5 Å². The Labute approximate surface area is 159 Å². The van der Waals surface area contributed by atoms with Gasteiger partial charge < -0.3 is 14.2 Å². The van der Waals surface area contributed by atoms with Crippen LogP contribution in [-0.4, -0.2) is 31.6 Å². The van der Waals surface area contributed by atoms with Crippen LogP contribution >= 0.6 is 11.6 Å². The summed E-state index contributed by atoms with van der Waals surface area (Å²) >= 11 is 6.14. The van der Waals surface area contributed by atoms with Crippen molar-refractivity contribution in [3.05, 3.63) is 58.1 Å². The Morgan fingerprint density at radius 2 is 1.78 bits per heavy atom. The number of ether oxygens (including phenoxy) is 3. The maximum atomic E-state index is 13.2. The van der Waals surface area contributed by atoms with E-state index in [0.29, 0.717) is 0 Å². The standard InChI is InChI=1S/C19H17ClF2O5/c1-10(2)27-18-13(20)6-12(8-17(18)25-3)19(24)26-9-16(23)11-4-5-14(21)15(22)7-11/h4-8,10H,9H2,1-3H3. The molecule has 27 heavy (non-hydrogen) atoms. The van der Waals surface area contributed by atoms with Crippen LogP contribution in [-0.2, 0) is 4.74 Å². The van der Waals surface area contributed by atoms with Gasteiger partial charge >= 0.3 is 5.97 Å². The lowest BCUT2D eigenvalue weighted by Gasteiger charge is -2.16. The minimum atomic E-state index is -1.16. The summed E-state index contributed by atoms with van der Waals surface area (Å²) < 4.78 is 41.8. The van der Waals surface area contributed by atoms with Crippen LogP contribution in [0, 0.1) is 11.6 Å². The average molecular weight is 399 g/mol. The smallest absolute Gasteiger partial charge is 0.338 e. The minimum Gasteiger partial charge on any atom is -0.493 e. The molecule has 0 radical (unpaired) electrons. The van der Waals surface area contributed by atoms with E-state index < -0.39 is 30.0 Å². The van der Waals surface area contributed by atoms with Gasteiger partial charge in [0.2, 0.25) is 0 Å². The summed E-state index contributed by atoms with van der Waals surface area (Å²) in [4.78, 5) is 24.2. The summed E-state index contributed by atoms with van der Waals surface area (Å²) in [5.41, 5.74) is -0.0657. The van der Waals surface area contributed by atoms with Crippen molar-refractivity contribution in [2.45, 2.75) is 20.0 Å². The van der Waals surface area contributed by atoms with Crippen molar-refractivity contribution >= 4 is 23.4 Å². The van der Waals surface area contributed by atoms with E-state index in [1.165, 1.54) is 19.2 Å². The van der Waals surface area contributed by atoms with Gasteiger partial charge in [-0.1, -0.05) is 11.6 Å². The van der Waals surface area contributed by atoms with Crippen molar-refractivity contribution in [3.8, 4) is 11.5 Å². The highest BCUT2D eigenvalue weighted by Crippen LogP contribution is 2.37. The fourth-order valence-electron chi connectivity index (χ4n) is 2.16. The van der Waals surface area contributed by atoms with E-state index >= 15 is 0 Å². The van der Waals surface area contributed by atoms with Crippen LogP contribution in [0.25, 0.3) is 0 Å². The number of ketones is 1. The summed E-state index contributed by atoms with van der Waals surface area (Å²) in [6.07, 6.45) is -0.164. The highest BCUT2D eigenvalue weighted by Gasteiger charge is 2.19. The van der Waals surface area contributed by atoms with Crippen molar-refractivity contribution in [1.29, 1.82) is 0 Å². The Kier molecular flexibility index (Phi) is 6.74. The predicted molar refractivity (Wildman–Crippen MR) is 94.7 cm³/mol. The first-order valence-electron chi connectivity index (χ1n) is 7.92. The summed E-state index contributed by atoms with van der Waals surface area (Å²) in [7, 11) is 1.39. The number of Topliss-reactive ketones (excluding diaryl/α,β-unsaturated/α-hetero) is 1. The maximum Gasteiger partial charge on any atom is 0.338 e. The lowest BCUT2D eigenvalue weighted by Crippen LogP contribution is -2.15. The van der Waals surface area contributed by atoms with Crippen molar-refractivity contribution in [2.75, 3.05) is 13.7 Å². The van der Waals surface area contributed by atoms with Crippen molar-refractivity contribution < 1.29 is 32.6 Å². The molecule has 0 spiro atoms. The van der Waals surface area contributed by atoms with E-state index in [4.69, 9.17) is 25.8 Å². The van der Waals surface area contributed by atoms with Gasteiger partial charge in [-0.15, -0.1) is 0 Å². The molecular weight excluding hydrogens is 382 g/mol. The van der Waals surface area contributed by atoms with Crippen LogP contribution in [0.4, 0.5) is 8.78 Å². The Morgan fingerprint density at radius 1 is 1.07 bits per heavy atom. The molecule has 0 amide bonds. The lowest BCUT2D eigenvalue weighted by atomic mass is 10.1. The quantitative estimate of drug-likeness (QED) is 0.509. The molecule has 0 fully saturated rings. The fraction of sp³-hybridized carbons (Fsp3) is 0.263. The van der Waals surface area contributed by atoms with E-state index in [-0.39, 0.29) is 33.8 Å². The SMILES string of the molecule is COc1cc(C(=O)OCC(=O)c2ccc(F)c(F)c2)cc(Cl)c1OC(C)C. The molecule has 0 aromatic heterocycles. The molecular formula is C19H17ClF2O5. The molecule has 0 atom stereocenters. The number of halogens is 3. The summed E-state index contributed by atoms with van der Waals surface area (Å²) in [5, 5.41) is 0.141. The third-order valence-corrected chi connectivity index (χ3v) is 3.68. The van der Waals surface area contributed by atoms with Crippen LogP contribution in [0.15, 0.2) is 30.3 Å². The van der Waals surface area contributed by atoms with Gasteiger partial charge in [0.05, 0.1) is 23.8 Å². The van der Waals surface area contributed by atoms with E-state index in [1.54, 1.807) is 0 Å². The van der Waals surface area contributed by atoms with Gasteiger partial charge in [-0.25, -0.2) is 13.6 Å². The van der Waals surface area contributed by atoms with Crippen LogP contribution < -0.4 is 9.47 Å². The van der Waals surface area contributed by atoms with E-state index in [0.717, 1.165) is 18.2 Å². The molecule has 0 aliphatic carbocycles. The molecule has 0 bridgehead atoms. The number of hydrogen-bond acceptors (Lipinski definition) is 5. The van der Waals surface area contributed by atoms with Crippen LogP contribution in [0.2, 0.25) is 5.02 Å². The highest BCUT2D eigenvalue weighted by molar-refractivity contribution is 6.32. The normalized spacial score (nSPS) is 10.6. The third-order valence-electron chi connectivity index (χ3n) is 3.39. The molecule has 0 saturated heterocycles. The van der Waals surface area contributed by atoms with Gasteiger partial charge in [-0.2, -0.15) is 0 Å². The number of carbonyl (C=O) groups excluding carboxylic acids is 2. The first-order valence-corrected chi connectivity index (χ1v) is 8.30.